The number of ether oxygens (including phenoxy) is 1. The molecule has 222 valence electrons. The molecule has 0 spiro atoms. The lowest BCUT2D eigenvalue weighted by molar-refractivity contribution is -0.870. The van der Waals surface area contributed by atoms with Crippen molar-refractivity contribution in [2.45, 2.75) is 64.4 Å². The average molecular weight is 568 g/mol. The number of nitrogens with zero attached hydrogens (tertiary/aromatic N) is 1. The minimum absolute atomic E-state index is 0.0280. The molecular formula is C30H50NO7P. The van der Waals surface area contributed by atoms with E-state index < -0.39 is 33.1 Å². The number of phosphoric acid groups is 1. The lowest BCUT2D eigenvalue weighted by Gasteiger charge is -2.28. The van der Waals surface area contributed by atoms with Crippen molar-refractivity contribution in [1.29, 1.82) is 0 Å². The number of rotatable bonds is 23. The van der Waals surface area contributed by atoms with E-state index >= 15 is 0 Å². The first kappa shape index (κ1) is 36.9. The second-order valence-corrected chi connectivity index (χ2v) is 11.2. The molecule has 39 heavy (non-hydrogen) atoms. The molecule has 0 aliphatic rings. The Kier molecular flexibility index (Phi) is 22.5. The molecule has 0 heterocycles. The molecule has 0 aromatic heterocycles. The third-order valence-corrected chi connectivity index (χ3v) is 6.01. The maximum atomic E-state index is 12.0. The predicted octanol–water partition coefficient (Wildman–Crippen LogP) is 5.58. The van der Waals surface area contributed by atoms with Crippen molar-refractivity contribution in [1.82, 2.24) is 0 Å². The number of quaternary nitrogens is 1. The summed E-state index contributed by atoms with van der Waals surface area (Å²) in [5.41, 5.74) is 0. The Hall–Kier alpha value is -2.06. The molecule has 0 aliphatic heterocycles. The van der Waals surface area contributed by atoms with Gasteiger partial charge in [-0.3, -0.25) is 9.36 Å². The van der Waals surface area contributed by atoms with Gasteiger partial charge in [0.05, 0.1) is 34.4 Å². The molecule has 0 fully saturated rings. The highest BCUT2D eigenvalue weighted by Gasteiger charge is 2.19. The average Bonchev–Trinajstić information content (AvgIpc) is 2.87. The minimum Gasteiger partial charge on any atom is -0.756 e. The zero-order valence-corrected chi connectivity index (χ0v) is 25.2. The Balaban J connectivity index is 3.95. The molecule has 0 radical (unpaired) electrons. The molecule has 9 heteroatoms. The van der Waals surface area contributed by atoms with Gasteiger partial charge in [0.25, 0.3) is 7.82 Å². The highest BCUT2D eigenvalue weighted by atomic mass is 31.2. The van der Waals surface area contributed by atoms with Crippen LogP contribution in [-0.4, -0.2) is 69.2 Å². The second-order valence-electron chi connectivity index (χ2n) is 9.84. The van der Waals surface area contributed by atoms with Crippen molar-refractivity contribution in [3.63, 3.8) is 0 Å². The molecule has 0 saturated heterocycles. The van der Waals surface area contributed by atoms with Gasteiger partial charge in [0, 0.05) is 6.42 Å². The van der Waals surface area contributed by atoms with Crippen molar-refractivity contribution in [3.8, 4) is 0 Å². The summed E-state index contributed by atoms with van der Waals surface area (Å²) in [6.07, 6.45) is 30.5. The summed E-state index contributed by atoms with van der Waals surface area (Å²) in [5.74, 6) is -0.538. The van der Waals surface area contributed by atoms with Gasteiger partial charge in [0.15, 0.2) is 0 Å². The third-order valence-electron chi connectivity index (χ3n) is 5.04. The summed E-state index contributed by atoms with van der Waals surface area (Å²) >= 11 is 0. The van der Waals surface area contributed by atoms with Crippen molar-refractivity contribution < 1.29 is 37.6 Å². The van der Waals surface area contributed by atoms with Crippen molar-refractivity contribution in [3.05, 3.63) is 72.9 Å². The lowest BCUT2D eigenvalue weighted by Crippen LogP contribution is -2.37. The van der Waals surface area contributed by atoms with Gasteiger partial charge in [-0.25, -0.2) is 0 Å². The van der Waals surface area contributed by atoms with Crippen LogP contribution in [-0.2, 0) is 23.1 Å². The van der Waals surface area contributed by atoms with E-state index in [0.29, 0.717) is 17.4 Å². The monoisotopic (exact) mass is 567 g/mol. The molecule has 0 amide bonds. The quantitative estimate of drug-likeness (QED) is 0.0744. The molecule has 8 nitrogen and oxygen atoms in total. The molecule has 2 atom stereocenters. The van der Waals surface area contributed by atoms with Gasteiger partial charge in [-0.2, -0.15) is 0 Å². The summed E-state index contributed by atoms with van der Waals surface area (Å²) in [6.45, 7) is 1.54. The summed E-state index contributed by atoms with van der Waals surface area (Å²) < 4.78 is 27.0. The normalized spacial score (nSPS) is 15.5. The zero-order valence-electron chi connectivity index (χ0n) is 24.3. The summed E-state index contributed by atoms with van der Waals surface area (Å²) in [5, 5.41) is 9.36. The topological polar surface area (TPSA) is 105 Å². The highest BCUT2D eigenvalue weighted by molar-refractivity contribution is 7.45. The van der Waals surface area contributed by atoms with Gasteiger partial charge < -0.3 is 28.3 Å². The van der Waals surface area contributed by atoms with Gasteiger partial charge in [-0.05, 0) is 44.9 Å². The summed E-state index contributed by atoms with van der Waals surface area (Å²) in [7, 11) is 1.17. The first-order chi connectivity index (χ1) is 18.6. The lowest BCUT2D eigenvalue weighted by atomic mass is 10.2. The third kappa shape index (κ3) is 27.3. The smallest absolute Gasteiger partial charge is 0.306 e. The van der Waals surface area contributed by atoms with Crippen LogP contribution >= 0.6 is 7.82 Å². The number of carbonyl (C=O) groups excluding carboxylic acids is 1. The zero-order chi connectivity index (χ0) is 29.2. The molecule has 0 aromatic rings. The molecule has 0 rings (SSSR count). The molecule has 0 saturated carbocycles. The van der Waals surface area contributed by atoms with E-state index in [0.717, 1.165) is 38.5 Å². The second kappa shape index (κ2) is 23.8. The molecule has 0 aliphatic carbocycles. The van der Waals surface area contributed by atoms with Crippen molar-refractivity contribution in [2.24, 2.45) is 0 Å². The first-order valence-electron chi connectivity index (χ1n) is 13.7. The number of likely N-dealkylation sites (N-methyl/N-ethyl adjacent to an activating group) is 1. The Morgan fingerprint density at radius 2 is 1.28 bits per heavy atom. The number of hydrogen-bond donors (Lipinski definition) is 1. The maximum Gasteiger partial charge on any atom is 0.306 e. The number of aliphatic hydroxyl groups excluding tert-OH is 1. The summed E-state index contributed by atoms with van der Waals surface area (Å²) in [6, 6.07) is 0. The Morgan fingerprint density at radius 1 is 0.821 bits per heavy atom. The molecule has 1 N–H and O–H groups in total. The van der Waals surface area contributed by atoms with Gasteiger partial charge in [0.1, 0.15) is 19.3 Å². The van der Waals surface area contributed by atoms with Crippen LogP contribution < -0.4 is 4.89 Å². The van der Waals surface area contributed by atoms with Gasteiger partial charge in [-0.15, -0.1) is 0 Å². The van der Waals surface area contributed by atoms with Crippen LogP contribution in [0.2, 0.25) is 0 Å². The Morgan fingerprint density at radius 3 is 1.72 bits per heavy atom. The fourth-order valence-corrected chi connectivity index (χ4v) is 3.58. The van der Waals surface area contributed by atoms with Crippen LogP contribution in [0.4, 0.5) is 0 Å². The van der Waals surface area contributed by atoms with E-state index in [1.54, 1.807) is 0 Å². The molecule has 2 unspecified atom stereocenters. The standard InChI is InChI=1S/C30H50NO7P/c1-5-6-7-8-9-10-11-12-13-14-15-16-17-18-19-20-21-22-23-24-30(33)38-29(27-32)28-37-39(34,35)36-26-25-31(2,3)4/h6-7,9-10,12-13,15-16,18-19,21-22,29,32H,5,8,11,14,17,20,23-28H2,1-4H3/b7-6+,10-9+,13-12+,16-15+,19-18+,22-21+. The number of esters is 1. The predicted molar refractivity (Wildman–Crippen MR) is 157 cm³/mol. The van der Waals surface area contributed by atoms with E-state index in [1.165, 1.54) is 0 Å². The largest absolute Gasteiger partial charge is 0.756 e. The van der Waals surface area contributed by atoms with E-state index in [1.807, 2.05) is 33.3 Å². The van der Waals surface area contributed by atoms with Gasteiger partial charge in [-0.1, -0.05) is 79.8 Å². The fourth-order valence-electron chi connectivity index (χ4n) is 2.85. The highest BCUT2D eigenvalue weighted by Crippen LogP contribution is 2.38. The molecule has 0 aromatic carbocycles. The van der Waals surface area contributed by atoms with E-state index in [9.17, 15) is 19.4 Å². The van der Waals surface area contributed by atoms with Crippen LogP contribution in [0.3, 0.4) is 0 Å². The SMILES string of the molecule is CC/C=C/C/C=C/C/C=C/C/C=C/C/C=C/C/C=C/CCC(=O)OC(CO)COP(=O)([O-])OCC[N+](C)(C)C. The van der Waals surface area contributed by atoms with Gasteiger partial charge in [0.2, 0.25) is 0 Å². The fraction of sp³-hybridized carbons (Fsp3) is 0.567. The minimum atomic E-state index is -4.54. The van der Waals surface area contributed by atoms with Crippen LogP contribution in [0.15, 0.2) is 72.9 Å². The molecule has 0 bridgehead atoms. The van der Waals surface area contributed by atoms with E-state index in [2.05, 4.69) is 67.7 Å². The number of phosphoric ester groups is 1. The van der Waals surface area contributed by atoms with Gasteiger partial charge >= 0.3 is 5.97 Å². The van der Waals surface area contributed by atoms with Crippen molar-refractivity contribution in [2.75, 3.05) is 47.5 Å². The van der Waals surface area contributed by atoms with E-state index in [4.69, 9.17) is 13.8 Å². The van der Waals surface area contributed by atoms with Crippen LogP contribution in [0, 0.1) is 0 Å². The number of hydrogen-bond acceptors (Lipinski definition) is 7. The molecular weight excluding hydrogens is 517 g/mol. The van der Waals surface area contributed by atoms with Crippen molar-refractivity contribution >= 4 is 13.8 Å². The number of carbonyl (C=O) groups is 1. The van der Waals surface area contributed by atoms with Crippen LogP contribution in [0.5, 0.6) is 0 Å². The van der Waals surface area contributed by atoms with Crippen LogP contribution in [0.1, 0.15) is 58.3 Å². The first-order valence-corrected chi connectivity index (χ1v) is 15.2. The Bertz CT molecular complexity index is 854. The van der Waals surface area contributed by atoms with E-state index in [-0.39, 0.29) is 13.0 Å². The maximum absolute atomic E-state index is 12.0. The summed E-state index contributed by atoms with van der Waals surface area (Å²) in [4.78, 5) is 23.8. The Labute approximate surface area is 236 Å². The van der Waals surface area contributed by atoms with Crippen LogP contribution in [0.25, 0.3) is 0 Å². The number of aliphatic hydroxyl groups is 1. The number of allylic oxidation sites excluding steroid dienone is 12.